The van der Waals surface area contributed by atoms with Gasteiger partial charge in [-0.05, 0) is 56.7 Å². The Morgan fingerprint density at radius 3 is 2.85 bits per heavy atom. The summed E-state index contributed by atoms with van der Waals surface area (Å²) in [4.78, 5) is 0. The maximum atomic E-state index is 6.66. The predicted molar refractivity (Wildman–Crippen MR) is 87.0 cm³/mol. The largest absolute Gasteiger partial charge is 0.496 e. The minimum absolute atomic E-state index is 0.0367. The van der Waals surface area contributed by atoms with Gasteiger partial charge in [0.25, 0.3) is 0 Å². The highest BCUT2D eigenvalue weighted by atomic mass is 79.9. The van der Waals surface area contributed by atoms with Crippen molar-refractivity contribution in [1.29, 1.82) is 0 Å². The monoisotopic (exact) mass is 360 g/mol. The van der Waals surface area contributed by atoms with E-state index in [0.29, 0.717) is 6.10 Å². The van der Waals surface area contributed by atoms with Crippen LogP contribution in [-0.4, -0.2) is 19.8 Å². The van der Waals surface area contributed by atoms with Gasteiger partial charge in [-0.3, -0.25) is 0 Å². The fourth-order valence-electron chi connectivity index (χ4n) is 2.87. The van der Waals surface area contributed by atoms with E-state index in [-0.39, 0.29) is 5.38 Å². The zero-order valence-corrected chi connectivity index (χ0v) is 14.7. The van der Waals surface area contributed by atoms with Gasteiger partial charge >= 0.3 is 0 Å². The van der Waals surface area contributed by atoms with Crippen LogP contribution in [0.5, 0.6) is 5.75 Å². The first-order valence-corrected chi connectivity index (χ1v) is 8.36. The quantitative estimate of drug-likeness (QED) is 0.661. The summed E-state index contributed by atoms with van der Waals surface area (Å²) in [7, 11) is 1.71. The van der Waals surface area contributed by atoms with Crippen molar-refractivity contribution in [3.05, 3.63) is 27.2 Å². The van der Waals surface area contributed by atoms with Crippen molar-refractivity contribution in [2.75, 3.05) is 13.7 Å². The molecule has 1 saturated heterocycles. The third-order valence-electron chi connectivity index (χ3n) is 3.99. The summed E-state index contributed by atoms with van der Waals surface area (Å²) in [6.45, 7) is 5.04. The van der Waals surface area contributed by atoms with Crippen molar-refractivity contribution in [2.45, 2.75) is 51.0 Å². The first kappa shape index (κ1) is 16.1. The molecule has 0 saturated carbocycles. The maximum Gasteiger partial charge on any atom is 0.126 e. The number of hydrogen-bond acceptors (Lipinski definition) is 2. The number of benzene rings is 1. The van der Waals surface area contributed by atoms with Gasteiger partial charge in [-0.1, -0.05) is 15.9 Å². The maximum absolute atomic E-state index is 6.66. The Hall–Kier alpha value is -0.250. The molecule has 4 heteroatoms. The molecule has 1 aromatic carbocycles. The zero-order chi connectivity index (χ0) is 14.7. The smallest absolute Gasteiger partial charge is 0.126 e. The molecule has 0 bridgehead atoms. The minimum atomic E-state index is -0.0367. The number of rotatable bonds is 5. The second kappa shape index (κ2) is 7.15. The SMILES string of the molecule is COc1c(C)cc(Br)c(C)c1C(Cl)CCC1CCCO1. The van der Waals surface area contributed by atoms with Gasteiger partial charge in [0.15, 0.2) is 0 Å². The van der Waals surface area contributed by atoms with Gasteiger partial charge in [-0.25, -0.2) is 0 Å². The molecule has 2 atom stereocenters. The van der Waals surface area contributed by atoms with E-state index in [0.717, 1.165) is 47.2 Å². The van der Waals surface area contributed by atoms with Crippen molar-refractivity contribution in [1.82, 2.24) is 0 Å². The van der Waals surface area contributed by atoms with Gasteiger partial charge in [0.2, 0.25) is 0 Å². The Bertz CT molecular complexity index is 470. The summed E-state index contributed by atoms with van der Waals surface area (Å²) in [6, 6.07) is 2.08. The molecule has 2 unspecified atom stereocenters. The van der Waals surface area contributed by atoms with E-state index in [4.69, 9.17) is 21.1 Å². The first-order valence-electron chi connectivity index (χ1n) is 7.13. The number of methoxy groups -OCH3 is 1. The standard InChI is InChI=1S/C16H22BrClO2/c1-10-9-13(17)11(2)15(16(10)19-3)14(18)7-6-12-5-4-8-20-12/h9,12,14H,4-8H2,1-3H3. The fourth-order valence-corrected chi connectivity index (χ4v) is 3.82. The number of halogens is 2. The van der Waals surface area contributed by atoms with Crippen LogP contribution in [0.4, 0.5) is 0 Å². The molecule has 112 valence electrons. The molecular weight excluding hydrogens is 340 g/mol. The van der Waals surface area contributed by atoms with Crippen molar-refractivity contribution in [3.8, 4) is 5.75 Å². The van der Waals surface area contributed by atoms with Crippen LogP contribution < -0.4 is 4.74 Å². The first-order chi connectivity index (χ1) is 9.54. The average molecular weight is 362 g/mol. The van der Waals surface area contributed by atoms with Crippen LogP contribution in [0.1, 0.15) is 47.8 Å². The molecule has 1 aromatic rings. The van der Waals surface area contributed by atoms with Crippen molar-refractivity contribution in [3.63, 3.8) is 0 Å². The van der Waals surface area contributed by atoms with E-state index in [1.165, 1.54) is 12.0 Å². The van der Waals surface area contributed by atoms with Crippen molar-refractivity contribution in [2.24, 2.45) is 0 Å². The molecule has 1 aliphatic rings. The molecule has 1 aliphatic heterocycles. The molecule has 1 fully saturated rings. The Balaban J connectivity index is 2.17. The summed E-state index contributed by atoms with van der Waals surface area (Å²) in [5.74, 6) is 0.915. The highest BCUT2D eigenvalue weighted by molar-refractivity contribution is 9.10. The lowest BCUT2D eigenvalue weighted by Crippen LogP contribution is -2.08. The Kier molecular flexibility index (Phi) is 5.76. The molecule has 0 aliphatic carbocycles. The van der Waals surface area contributed by atoms with Crippen LogP contribution in [0.3, 0.4) is 0 Å². The lowest BCUT2D eigenvalue weighted by Gasteiger charge is -2.21. The Labute approximate surface area is 134 Å². The molecule has 2 rings (SSSR count). The van der Waals surface area contributed by atoms with Crippen LogP contribution >= 0.6 is 27.5 Å². The third kappa shape index (κ3) is 3.49. The van der Waals surface area contributed by atoms with Gasteiger partial charge in [0.05, 0.1) is 18.6 Å². The zero-order valence-electron chi connectivity index (χ0n) is 12.3. The summed E-state index contributed by atoms with van der Waals surface area (Å²) >= 11 is 10.3. The van der Waals surface area contributed by atoms with E-state index < -0.39 is 0 Å². The molecular formula is C16H22BrClO2. The molecule has 0 radical (unpaired) electrons. The second-order valence-electron chi connectivity index (χ2n) is 5.43. The van der Waals surface area contributed by atoms with Gasteiger partial charge < -0.3 is 9.47 Å². The van der Waals surface area contributed by atoms with Crippen LogP contribution in [0.25, 0.3) is 0 Å². The van der Waals surface area contributed by atoms with E-state index in [9.17, 15) is 0 Å². The van der Waals surface area contributed by atoms with Gasteiger partial charge in [0, 0.05) is 16.6 Å². The molecule has 0 spiro atoms. The number of aryl methyl sites for hydroxylation is 1. The van der Waals surface area contributed by atoms with Crippen LogP contribution in [0.15, 0.2) is 10.5 Å². The van der Waals surface area contributed by atoms with E-state index in [2.05, 4.69) is 35.8 Å². The van der Waals surface area contributed by atoms with E-state index in [1.807, 2.05) is 0 Å². The van der Waals surface area contributed by atoms with Gasteiger partial charge in [-0.15, -0.1) is 11.6 Å². The molecule has 20 heavy (non-hydrogen) atoms. The normalized spacial score (nSPS) is 20.1. The van der Waals surface area contributed by atoms with Crippen LogP contribution in [0.2, 0.25) is 0 Å². The van der Waals surface area contributed by atoms with Crippen LogP contribution in [0, 0.1) is 13.8 Å². The topological polar surface area (TPSA) is 18.5 Å². The number of ether oxygens (including phenoxy) is 2. The summed E-state index contributed by atoms with van der Waals surface area (Å²) in [6.07, 6.45) is 4.66. The van der Waals surface area contributed by atoms with E-state index in [1.54, 1.807) is 7.11 Å². The van der Waals surface area contributed by atoms with E-state index >= 15 is 0 Å². The minimum Gasteiger partial charge on any atom is -0.496 e. The van der Waals surface area contributed by atoms with Crippen molar-refractivity contribution < 1.29 is 9.47 Å². The molecule has 1 heterocycles. The lowest BCUT2D eigenvalue weighted by molar-refractivity contribution is 0.102. The highest BCUT2D eigenvalue weighted by Gasteiger charge is 2.23. The summed E-state index contributed by atoms with van der Waals surface area (Å²) in [5.41, 5.74) is 3.39. The number of hydrogen-bond donors (Lipinski definition) is 0. The Morgan fingerprint density at radius 1 is 1.50 bits per heavy atom. The van der Waals surface area contributed by atoms with Crippen LogP contribution in [-0.2, 0) is 4.74 Å². The molecule has 0 amide bonds. The van der Waals surface area contributed by atoms with Gasteiger partial charge in [0.1, 0.15) is 5.75 Å². The molecule has 0 N–H and O–H groups in total. The molecule has 0 aromatic heterocycles. The molecule has 2 nitrogen and oxygen atoms in total. The highest BCUT2D eigenvalue weighted by Crippen LogP contribution is 2.41. The lowest BCUT2D eigenvalue weighted by atomic mass is 9.97. The predicted octanol–water partition coefficient (Wildman–Crippen LogP) is 5.31. The Morgan fingerprint density at radius 2 is 2.25 bits per heavy atom. The van der Waals surface area contributed by atoms with Crippen molar-refractivity contribution >= 4 is 27.5 Å². The average Bonchev–Trinajstić information content (AvgIpc) is 2.93. The second-order valence-corrected chi connectivity index (χ2v) is 6.81. The summed E-state index contributed by atoms with van der Waals surface area (Å²) < 4.78 is 12.3. The fraction of sp³-hybridized carbons (Fsp3) is 0.625. The van der Waals surface area contributed by atoms with Gasteiger partial charge in [-0.2, -0.15) is 0 Å². The number of alkyl halides is 1. The summed E-state index contributed by atoms with van der Waals surface area (Å²) in [5, 5.41) is -0.0367. The third-order valence-corrected chi connectivity index (χ3v) is 5.25.